The number of carbonyl (C=O) groups is 1. The SMILES string of the molecule is CCCCCCC(=O)C[C]=O. The Balaban J connectivity index is 3.10. The molecule has 0 spiro atoms. The van der Waals surface area contributed by atoms with Crippen molar-refractivity contribution in [2.45, 2.75) is 45.4 Å². The molecule has 0 heterocycles. The van der Waals surface area contributed by atoms with Crippen LogP contribution < -0.4 is 0 Å². The first-order valence-corrected chi connectivity index (χ1v) is 4.18. The second-order valence-electron chi connectivity index (χ2n) is 2.67. The highest BCUT2D eigenvalue weighted by Gasteiger charge is 1.99. The molecule has 0 aliphatic rings. The normalized spacial score (nSPS) is 9.55. The summed E-state index contributed by atoms with van der Waals surface area (Å²) in [4.78, 5) is 20.5. The van der Waals surface area contributed by atoms with E-state index in [2.05, 4.69) is 6.92 Å². The fourth-order valence-corrected chi connectivity index (χ4v) is 0.918. The van der Waals surface area contributed by atoms with Crippen LogP contribution in [0.2, 0.25) is 0 Å². The van der Waals surface area contributed by atoms with Crippen molar-refractivity contribution < 1.29 is 9.59 Å². The van der Waals surface area contributed by atoms with Crippen LogP contribution in [0.4, 0.5) is 0 Å². The first-order valence-electron chi connectivity index (χ1n) is 4.18. The lowest BCUT2D eigenvalue weighted by Crippen LogP contribution is -1.97. The molecule has 0 amide bonds. The average molecular weight is 155 g/mol. The van der Waals surface area contributed by atoms with Gasteiger partial charge in [-0.15, -0.1) is 0 Å². The van der Waals surface area contributed by atoms with Crippen LogP contribution in [0.15, 0.2) is 0 Å². The zero-order valence-electron chi connectivity index (χ0n) is 7.06. The minimum Gasteiger partial charge on any atom is -0.299 e. The third-order valence-corrected chi connectivity index (χ3v) is 1.58. The van der Waals surface area contributed by atoms with Crippen LogP contribution in [-0.2, 0) is 9.59 Å². The predicted molar refractivity (Wildman–Crippen MR) is 44.1 cm³/mol. The molecule has 0 unspecified atom stereocenters. The van der Waals surface area contributed by atoms with Crippen molar-refractivity contribution in [1.29, 1.82) is 0 Å². The third kappa shape index (κ3) is 7.23. The van der Waals surface area contributed by atoms with Gasteiger partial charge in [0, 0.05) is 6.42 Å². The lowest BCUT2D eigenvalue weighted by Gasteiger charge is -1.95. The molecule has 0 aliphatic carbocycles. The van der Waals surface area contributed by atoms with Crippen LogP contribution in [-0.4, -0.2) is 12.1 Å². The average Bonchev–Trinajstić information content (AvgIpc) is 1.99. The molecule has 0 fully saturated rings. The van der Waals surface area contributed by atoms with Crippen molar-refractivity contribution in [3.05, 3.63) is 0 Å². The van der Waals surface area contributed by atoms with Crippen molar-refractivity contribution >= 4 is 12.1 Å². The summed E-state index contributed by atoms with van der Waals surface area (Å²) in [6, 6.07) is 0. The maximum atomic E-state index is 10.7. The van der Waals surface area contributed by atoms with E-state index in [-0.39, 0.29) is 12.2 Å². The van der Waals surface area contributed by atoms with E-state index in [1.165, 1.54) is 12.8 Å². The standard InChI is InChI=1S/C9H15O2/c1-2-3-4-5-6-9(11)7-8-10/h2-7H2,1H3. The van der Waals surface area contributed by atoms with Crippen LogP contribution >= 0.6 is 0 Å². The van der Waals surface area contributed by atoms with Gasteiger partial charge in [-0.05, 0) is 6.42 Å². The molecule has 0 aromatic carbocycles. The molecular formula is C9H15O2. The Bertz CT molecular complexity index is 119. The Morgan fingerprint density at radius 3 is 2.55 bits per heavy atom. The largest absolute Gasteiger partial charge is 0.299 e. The highest BCUT2D eigenvalue weighted by atomic mass is 16.1. The summed E-state index contributed by atoms with van der Waals surface area (Å²) in [6.07, 6.45) is 6.51. The van der Waals surface area contributed by atoms with Gasteiger partial charge < -0.3 is 0 Å². The smallest absolute Gasteiger partial charge is 0.206 e. The van der Waals surface area contributed by atoms with Crippen LogP contribution in [0.5, 0.6) is 0 Å². The van der Waals surface area contributed by atoms with Gasteiger partial charge in [-0.25, -0.2) is 0 Å². The summed E-state index contributed by atoms with van der Waals surface area (Å²) in [5.74, 6) is 0.0242. The molecule has 2 heteroatoms. The maximum Gasteiger partial charge on any atom is 0.206 e. The van der Waals surface area contributed by atoms with E-state index in [0.29, 0.717) is 6.42 Å². The number of unbranched alkanes of at least 4 members (excludes halogenated alkanes) is 3. The summed E-state index contributed by atoms with van der Waals surface area (Å²) in [7, 11) is 0. The molecule has 0 N–H and O–H groups in total. The number of hydrogen-bond acceptors (Lipinski definition) is 2. The van der Waals surface area contributed by atoms with Crippen molar-refractivity contribution in [3.63, 3.8) is 0 Å². The molecule has 0 atom stereocenters. The Labute approximate surface area is 68.0 Å². The lowest BCUT2D eigenvalue weighted by atomic mass is 10.1. The molecule has 2 nitrogen and oxygen atoms in total. The number of hydrogen-bond donors (Lipinski definition) is 0. The van der Waals surface area contributed by atoms with E-state index >= 15 is 0 Å². The molecule has 63 valence electrons. The van der Waals surface area contributed by atoms with Crippen LogP contribution in [0.1, 0.15) is 45.4 Å². The van der Waals surface area contributed by atoms with E-state index in [1.54, 1.807) is 6.29 Å². The summed E-state index contributed by atoms with van der Waals surface area (Å²) in [5.41, 5.74) is 0. The minimum absolute atomic E-state index is 0.0217. The van der Waals surface area contributed by atoms with Gasteiger partial charge in [0.05, 0.1) is 6.42 Å². The quantitative estimate of drug-likeness (QED) is 0.416. The fourth-order valence-electron chi connectivity index (χ4n) is 0.918. The Hall–Kier alpha value is -0.660. The molecule has 1 radical (unpaired) electrons. The zero-order valence-corrected chi connectivity index (χ0v) is 7.06. The fraction of sp³-hybridized carbons (Fsp3) is 0.778. The van der Waals surface area contributed by atoms with Crippen molar-refractivity contribution in [3.8, 4) is 0 Å². The van der Waals surface area contributed by atoms with E-state index in [4.69, 9.17) is 0 Å². The summed E-state index contributed by atoms with van der Waals surface area (Å²) >= 11 is 0. The van der Waals surface area contributed by atoms with E-state index in [1.807, 2.05) is 0 Å². The molecule has 0 bridgehead atoms. The van der Waals surface area contributed by atoms with Gasteiger partial charge in [0.15, 0.2) is 0 Å². The monoisotopic (exact) mass is 155 g/mol. The van der Waals surface area contributed by atoms with Gasteiger partial charge in [0.25, 0.3) is 0 Å². The first-order chi connectivity index (χ1) is 5.31. The molecule has 0 rings (SSSR count). The molecule has 0 aromatic heterocycles. The number of Topliss-reactive ketones (excluding diaryl/α,β-unsaturated/α-hetero) is 1. The van der Waals surface area contributed by atoms with Gasteiger partial charge in [-0.3, -0.25) is 9.59 Å². The van der Waals surface area contributed by atoms with Crippen LogP contribution in [0, 0.1) is 0 Å². The topological polar surface area (TPSA) is 34.1 Å². The van der Waals surface area contributed by atoms with Crippen molar-refractivity contribution in [2.75, 3.05) is 0 Å². The second-order valence-corrected chi connectivity index (χ2v) is 2.67. The predicted octanol–water partition coefficient (Wildman–Crippen LogP) is 2.03. The van der Waals surface area contributed by atoms with E-state index in [9.17, 15) is 9.59 Å². The van der Waals surface area contributed by atoms with Crippen molar-refractivity contribution in [2.24, 2.45) is 0 Å². The summed E-state index contributed by atoms with van der Waals surface area (Å²) in [5, 5.41) is 0. The molecule has 0 aliphatic heterocycles. The maximum absolute atomic E-state index is 10.7. The molecule has 0 aromatic rings. The number of rotatable bonds is 7. The molecular weight excluding hydrogens is 140 g/mol. The highest BCUT2D eigenvalue weighted by molar-refractivity contribution is 5.89. The third-order valence-electron chi connectivity index (χ3n) is 1.58. The van der Waals surface area contributed by atoms with Gasteiger partial charge >= 0.3 is 0 Å². The summed E-state index contributed by atoms with van der Waals surface area (Å²) < 4.78 is 0. The number of carbonyl (C=O) groups excluding carboxylic acids is 2. The Kier molecular flexibility index (Phi) is 7.00. The van der Waals surface area contributed by atoms with Gasteiger partial charge in [0.1, 0.15) is 5.78 Å². The van der Waals surface area contributed by atoms with E-state index in [0.717, 1.165) is 12.8 Å². The van der Waals surface area contributed by atoms with Crippen molar-refractivity contribution in [1.82, 2.24) is 0 Å². The van der Waals surface area contributed by atoms with Gasteiger partial charge in [-0.2, -0.15) is 0 Å². The van der Waals surface area contributed by atoms with Gasteiger partial charge in [-0.1, -0.05) is 26.2 Å². The first kappa shape index (κ1) is 10.3. The Morgan fingerprint density at radius 1 is 1.27 bits per heavy atom. The number of ketones is 1. The highest BCUT2D eigenvalue weighted by Crippen LogP contribution is 2.03. The van der Waals surface area contributed by atoms with Gasteiger partial charge in [0.2, 0.25) is 6.29 Å². The minimum atomic E-state index is -0.0217. The van der Waals surface area contributed by atoms with Crippen LogP contribution in [0.25, 0.3) is 0 Å². The molecule has 0 saturated heterocycles. The van der Waals surface area contributed by atoms with Crippen LogP contribution in [0.3, 0.4) is 0 Å². The Morgan fingerprint density at radius 2 is 2.00 bits per heavy atom. The summed E-state index contributed by atoms with van der Waals surface area (Å²) in [6.45, 7) is 2.13. The second kappa shape index (κ2) is 7.45. The van der Waals surface area contributed by atoms with E-state index < -0.39 is 0 Å². The lowest BCUT2D eigenvalue weighted by molar-refractivity contribution is -0.118. The molecule has 0 saturated carbocycles. The molecule has 11 heavy (non-hydrogen) atoms. The zero-order chi connectivity index (χ0) is 8.53.